The molecule has 1 aliphatic rings. The van der Waals surface area contributed by atoms with Crippen molar-refractivity contribution in [2.24, 2.45) is 5.92 Å². The van der Waals surface area contributed by atoms with Gasteiger partial charge in [0.15, 0.2) is 5.82 Å². The number of nitrogen functional groups attached to an aromatic ring is 1. The Morgan fingerprint density at radius 3 is 2.55 bits per heavy atom. The number of benzene rings is 1. The first-order valence-corrected chi connectivity index (χ1v) is 12.2. The number of nitrogens with two attached hydrogens (primary N) is 1. The zero-order valence-corrected chi connectivity index (χ0v) is 21.2. The molecule has 222 valence electrons. The summed E-state index contributed by atoms with van der Waals surface area (Å²) in [6.45, 7) is 0.300. The summed E-state index contributed by atoms with van der Waals surface area (Å²) in [4.78, 5) is 32.1. The van der Waals surface area contributed by atoms with E-state index >= 15 is 4.39 Å². The maximum atomic E-state index is 15.0. The Hall–Kier alpha value is -4.54. The fourth-order valence-corrected chi connectivity index (χ4v) is 4.79. The average Bonchev–Trinajstić information content (AvgIpc) is 2.89. The van der Waals surface area contributed by atoms with Crippen molar-refractivity contribution in [3.8, 4) is 11.4 Å². The van der Waals surface area contributed by atoms with E-state index in [1.807, 2.05) is 0 Å². The van der Waals surface area contributed by atoms with Crippen molar-refractivity contribution >= 4 is 22.3 Å². The van der Waals surface area contributed by atoms with Crippen LogP contribution in [0.2, 0.25) is 0 Å². The van der Waals surface area contributed by atoms with Gasteiger partial charge < -0.3 is 20.4 Å². The number of rotatable bonds is 5. The van der Waals surface area contributed by atoms with Gasteiger partial charge in [-0.3, -0.25) is 9.59 Å². The molecule has 17 heteroatoms. The Bertz CT molecular complexity index is 1770. The Balaban J connectivity index is 1.37. The molecule has 4 heterocycles. The van der Waals surface area contributed by atoms with Crippen LogP contribution < -0.4 is 22.2 Å². The summed E-state index contributed by atoms with van der Waals surface area (Å²) in [6.07, 6.45) is -6.72. The number of ether oxygens (including phenoxy) is 1. The normalized spacial score (nSPS) is 17.9. The van der Waals surface area contributed by atoms with Crippen molar-refractivity contribution < 1.29 is 35.5 Å². The van der Waals surface area contributed by atoms with Crippen LogP contribution >= 0.6 is 0 Å². The topological polar surface area (TPSA) is 141 Å². The van der Waals surface area contributed by atoms with Crippen molar-refractivity contribution in [3.05, 3.63) is 74.4 Å². The smallest absolute Gasteiger partial charge is 0.383 e. The van der Waals surface area contributed by atoms with E-state index in [-0.39, 0.29) is 48.4 Å². The molecule has 10 nitrogen and oxygen atoms in total. The number of alkyl halides is 6. The van der Waals surface area contributed by atoms with Crippen molar-refractivity contribution in [1.82, 2.24) is 24.7 Å². The molecular formula is C25H20F7N7O3. The first kappa shape index (κ1) is 29.0. The predicted octanol–water partition coefficient (Wildman–Crippen LogP) is 3.82. The Morgan fingerprint density at radius 2 is 1.86 bits per heavy atom. The van der Waals surface area contributed by atoms with E-state index in [2.05, 4.69) is 20.4 Å². The molecule has 42 heavy (non-hydrogen) atoms. The minimum atomic E-state index is -4.92. The fourth-order valence-electron chi connectivity index (χ4n) is 4.79. The molecular weight excluding hydrogens is 579 g/mol. The molecule has 0 radical (unpaired) electrons. The van der Waals surface area contributed by atoms with E-state index in [1.165, 1.54) is 22.9 Å². The molecule has 1 aromatic carbocycles. The first-order chi connectivity index (χ1) is 19.7. The number of aromatic amines is 1. The van der Waals surface area contributed by atoms with E-state index in [1.54, 1.807) is 5.10 Å². The monoisotopic (exact) mass is 599 g/mol. The average molecular weight is 599 g/mol. The number of nitrogens with one attached hydrogen (secondary N) is 2. The Morgan fingerprint density at radius 1 is 1.10 bits per heavy atom. The lowest BCUT2D eigenvalue weighted by atomic mass is 9.97. The van der Waals surface area contributed by atoms with Gasteiger partial charge in [-0.15, -0.1) is 0 Å². The van der Waals surface area contributed by atoms with Gasteiger partial charge in [0.1, 0.15) is 22.8 Å². The number of aromatic nitrogens is 5. The van der Waals surface area contributed by atoms with Gasteiger partial charge in [0.2, 0.25) is 0 Å². The van der Waals surface area contributed by atoms with Crippen molar-refractivity contribution in [2.45, 2.75) is 31.4 Å². The van der Waals surface area contributed by atoms with Gasteiger partial charge in [-0.25, -0.2) is 19.5 Å². The summed E-state index contributed by atoms with van der Waals surface area (Å²) in [5.74, 6) is -2.59. The van der Waals surface area contributed by atoms with E-state index in [0.717, 1.165) is 12.3 Å². The van der Waals surface area contributed by atoms with Gasteiger partial charge in [0.05, 0.1) is 36.0 Å². The van der Waals surface area contributed by atoms with Crippen LogP contribution in [-0.4, -0.2) is 44.0 Å². The highest BCUT2D eigenvalue weighted by atomic mass is 19.4. The standard InChI is InChI=1S/C25H20F7N7O3/c26-17-5-14-12(4-15(17)21-34-6-16(20(33)37-21)24(27,28)29)1-2-39(23(14)41)8-11-3-13(10-42-9-11)36-18-7-35-38-22(40)19(18)25(30,31)32/h1-2,4-7,11,13H,3,8-10H2,(H2,33,34,37)(H2,36,38,40)/t11-,13-/m1/s1. The second-order valence-corrected chi connectivity index (χ2v) is 9.65. The van der Waals surface area contributed by atoms with Gasteiger partial charge >= 0.3 is 12.4 Å². The number of halogens is 7. The third-order valence-electron chi connectivity index (χ3n) is 6.67. The minimum Gasteiger partial charge on any atom is -0.383 e. The summed E-state index contributed by atoms with van der Waals surface area (Å²) in [6, 6.07) is 2.99. The zero-order valence-electron chi connectivity index (χ0n) is 21.2. The lowest BCUT2D eigenvalue weighted by molar-refractivity contribution is -0.138. The van der Waals surface area contributed by atoms with Crippen molar-refractivity contribution in [3.63, 3.8) is 0 Å². The molecule has 3 aromatic heterocycles. The number of H-pyrrole nitrogens is 1. The number of hydrogen-bond acceptors (Lipinski definition) is 8. The highest BCUT2D eigenvalue weighted by molar-refractivity contribution is 5.86. The fraction of sp³-hybridized carbons (Fsp3) is 0.320. The second-order valence-electron chi connectivity index (χ2n) is 9.65. The van der Waals surface area contributed by atoms with Crippen LogP contribution in [0.25, 0.3) is 22.2 Å². The van der Waals surface area contributed by atoms with E-state index in [9.17, 15) is 35.9 Å². The predicted molar refractivity (Wildman–Crippen MR) is 135 cm³/mol. The second kappa shape index (κ2) is 10.7. The molecule has 0 unspecified atom stereocenters. The number of anilines is 2. The van der Waals surface area contributed by atoms with Crippen LogP contribution in [0, 0.1) is 11.7 Å². The zero-order chi connectivity index (χ0) is 30.4. The SMILES string of the molecule is Nc1nc(-c2cc3ccn(C[C@@H]4COC[C@H](Nc5cn[nH]c(=O)c5C(F)(F)F)C4)c(=O)c3cc2F)ncc1C(F)(F)F. The highest BCUT2D eigenvalue weighted by Gasteiger charge is 2.38. The first-order valence-electron chi connectivity index (χ1n) is 12.2. The molecule has 0 spiro atoms. The van der Waals surface area contributed by atoms with Gasteiger partial charge in [0.25, 0.3) is 11.1 Å². The third kappa shape index (κ3) is 5.77. The summed E-state index contributed by atoms with van der Waals surface area (Å²) < 4.78 is 101. The molecule has 0 aliphatic carbocycles. The molecule has 4 N–H and O–H groups in total. The van der Waals surface area contributed by atoms with E-state index in [4.69, 9.17) is 10.5 Å². The van der Waals surface area contributed by atoms with Crippen LogP contribution in [0.15, 0.2) is 46.4 Å². The number of hydrogen-bond donors (Lipinski definition) is 3. The Labute approximate surface area is 230 Å². The Kier molecular flexibility index (Phi) is 7.38. The van der Waals surface area contributed by atoms with E-state index < -0.39 is 63.8 Å². The van der Waals surface area contributed by atoms with E-state index in [0.29, 0.717) is 6.20 Å². The van der Waals surface area contributed by atoms with Crippen LogP contribution in [0.3, 0.4) is 0 Å². The van der Waals surface area contributed by atoms with Crippen LogP contribution in [-0.2, 0) is 23.6 Å². The largest absolute Gasteiger partial charge is 0.423 e. The summed E-state index contributed by atoms with van der Waals surface area (Å²) in [7, 11) is 0. The molecule has 1 fully saturated rings. The van der Waals surface area contributed by atoms with Crippen molar-refractivity contribution in [1.29, 1.82) is 0 Å². The molecule has 0 amide bonds. The molecule has 1 aliphatic heterocycles. The maximum absolute atomic E-state index is 15.0. The summed E-state index contributed by atoms with van der Waals surface area (Å²) in [5.41, 5.74) is -0.0413. The van der Waals surface area contributed by atoms with Crippen LogP contribution in [0.1, 0.15) is 17.5 Å². The summed E-state index contributed by atoms with van der Waals surface area (Å²) in [5, 5.41) is 8.06. The lowest BCUT2D eigenvalue weighted by Gasteiger charge is -2.31. The highest BCUT2D eigenvalue weighted by Crippen LogP contribution is 2.34. The third-order valence-corrected chi connectivity index (χ3v) is 6.67. The maximum Gasteiger partial charge on any atom is 0.423 e. The quantitative estimate of drug-likeness (QED) is 0.294. The summed E-state index contributed by atoms with van der Waals surface area (Å²) >= 11 is 0. The number of nitrogens with zero attached hydrogens (tertiary/aromatic N) is 4. The van der Waals surface area contributed by atoms with Gasteiger partial charge in [-0.05, 0) is 30.0 Å². The molecule has 1 saturated heterocycles. The van der Waals surface area contributed by atoms with Gasteiger partial charge in [-0.2, -0.15) is 31.4 Å². The van der Waals surface area contributed by atoms with Gasteiger partial charge in [-0.1, -0.05) is 0 Å². The lowest BCUT2D eigenvalue weighted by Crippen LogP contribution is -2.39. The van der Waals surface area contributed by atoms with Gasteiger partial charge in [0, 0.05) is 30.9 Å². The molecule has 4 aromatic rings. The molecule has 5 rings (SSSR count). The van der Waals surface area contributed by atoms with Crippen LogP contribution in [0.5, 0.6) is 0 Å². The van der Waals surface area contributed by atoms with Crippen LogP contribution in [0.4, 0.5) is 42.2 Å². The minimum absolute atomic E-state index is 0.0329. The molecule has 0 bridgehead atoms. The molecule has 0 saturated carbocycles. The van der Waals surface area contributed by atoms with Crippen molar-refractivity contribution in [2.75, 3.05) is 24.3 Å². The molecule has 2 atom stereocenters. The number of fused-ring (bicyclic) bond motifs is 1. The number of pyridine rings is 1.